The lowest BCUT2D eigenvalue weighted by Crippen LogP contribution is -2.23. The Morgan fingerprint density at radius 3 is 2.30 bits per heavy atom. The fourth-order valence-electron chi connectivity index (χ4n) is 2.11. The molecular weight excluding hydrogens is 258 g/mol. The second-order valence-corrected chi connectivity index (χ2v) is 4.76. The van der Waals surface area contributed by atoms with Gasteiger partial charge in [0.2, 0.25) is 0 Å². The van der Waals surface area contributed by atoms with Crippen LogP contribution < -0.4 is 10.6 Å². The van der Waals surface area contributed by atoms with Crippen LogP contribution in [0.25, 0.3) is 0 Å². The van der Waals surface area contributed by atoms with Crippen molar-refractivity contribution in [2.24, 2.45) is 0 Å². The van der Waals surface area contributed by atoms with Crippen molar-refractivity contribution >= 4 is 11.4 Å². The topological polar surface area (TPSA) is 29.3 Å². The molecule has 106 valence electrons. The van der Waals surface area contributed by atoms with Gasteiger partial charge in [0.25, 0.3) is 0 Å². The highest BCUT2D eigenvalue weighted by atomic mass is 19.2. The Morgan fingerprint density at radius 1 is 1.00 bits per heavy atom. The Morgan fingerprint density at radius 2 is 1.70 bits per heavy atom. The van der Waals surface area contributed by atoms with Crippen LogP contribution in [-0.2, 0) is 6.54 Å². The van der Waals surface area contributed by atoms with Crippen molar-refractivity contribution < 1.29 is 8.78 Å². The molecule has 0 radical (unpaired) electrons. The summed E-state index contributed by atoms with van der Waals surface area (Å²) in [6.45, 7) is 3.45. The summed E-state index contributed by atoms with van der Waals surface area (Å²) >= 11 is 0. The SMILES string of the molecule is CCCN(Cc1ccc(F)c(F)c1)c1ccc(N)cc1. The molecule has 0 amide bonds. The van der Waals surface area contributed by atoms with Crippen molar-refractivity contribution in [3.05, 3.63) is 59.7 Å². The Labute approximate surface area is 117 Å². The van der Waals surface area contributed by atoms with Crippen LogP contribution in [-0.4, -0.2) is 6.54 Å². The molecule has 0 aromatic heterocycles. The van der Waals surface area contributed by atoms with Gasteiger partial charge in [0.05, 0.1) is 0 Å². The van der Waals surface area contributed by atoms with Gasteiger partial charge < -0.3 is 10.6 Å². The van der Waals surface area contributed by atoms with E-state index in [2.05, 4.69) is 11.8 Å². The predicted molar refractivity (Wildman–Crippen MR) is 78.6 cm³/mol. The van der Waals surface area contributed by atoms with Crippen LogP contribution in [0.1, 0.15) is 18.9 Å². The van der Waals surface area contributed by atoms with Gasteiger partial charge in [-0.15, -0.1) is 0 Å². The van der Waals surface area contributed by atoms with Gasteiger partial charge in [0.15, 0.2) is 11.6 Å². The summed E-state index contributed by atoms with van der Waals surface area (Å²) in [5, 5.41) is 0. The van der Waals surface area contributed by atoms with Crippen molar-refractivity contribution in [1.29, 1.82) is 0 Å². The third-order valence-corrected chi connectivity index (χ3v) is 3.11. The molecular formula is C16H18F2N2. The van der Waals surface area contributed by atoms with E-state index in [-0.39, 0.29) is 0 Å². The highest BCUT2D eigenvalue weighted by Crippen LogP contribution is 2.20. The van der Waals surface area contributed by atoms with E-state index in [0.717, 1.165) is 30.3 Å². The highest BCUT2D eigenvalue weighted by molar-refractivity contribution is 5.53. The van der Waals surface area contributed by atoms with Crippen LogP contribution in [0.4, 0.5) is 20.2 Å². The van der Waals surface area contributed by atoms with Gasteiger partial charge in [-0.1, -0.05) is 13.0 Å². The molecule has 0 saturated carbocycles. The predicted octanol–water partition coefficient (Wildman–Crippen LogP) is 3.96. The molecule has 0 atom stereocenters. The zero-order chi connectivity index (χ0) is 14.5. The minimum atomic E-state index is -0.816. The van der Waals surface area contributed by atoms with Crippen molar-refractivity contribution in [2.75, 3.05) is 17.2 Å². The first kappa shape index (κ1) is 14.3. The summed E-state index contributed by atoms with van der Waals surface area (Å²) in [6.07, 6.45) is 0.966. The van der Waals surface area contributed by atoms with Crippen molar-refractivity contribution in [2.45, 2.75) is 19.9 Å². The number of nitrogen functional groups attached to an aromatic ring is 1. The van der Waals surface area contributed by atoms with Crippen LogP contribution in [0, 0.1) is 11.6 Å². The summed E-state index contributed by atoms with van der Waals surface area (Å²) in [5.74, 6) is -1.63. The third kappa shape index (κ3) is 3.47. The second-order valence-electron chi connectivity index (χ2n) is 4.76. The first-order chi connectivity index (χ1) is 9.60. The summed E-state index contributed by atoms with van der Waals surface area (Å²) in [7, 11) is 0. The van der Waals surface area contributed by atoms with E-state index < -0.39 is 11.6 Å². The fraction of sp³-hybridized carbons (Fsp3) is 0.250. The maximum absolute atomic E-state index is 13.3. The van der Waals surface area contributed by atoms with E-state index in [0.29, 0.717) is 12.2 Å². The first-order valence-electron chi connectivity index (χ1n) is 6.64. The minimum absolute atomic E-state index is 0.537. The number of nitrogens with zero attached hydrogens (tertiary/aromatic N) is 1. The smallest absolute Gasteiger partial charge is 0.159 e. The summed E-state index contributed by atoms with van der Waals surface area (Å²) in [6, 6.07) is 11.6. The van der Waals surface area contributed by atoms with E-state index in [1.165, 1.54) is 6.07 Å². The van der Waals surface area contributed by atoms with Gasteiger partial charge in [-0.2, -0.15) is 0 Å². The van der Waals surface area contributed by atoms with Gasteiger partial charge in [-0.05, 0) is 48.4 Å². The van der Waals surface area contributed by atoms with E-state index >= 15 is 0 Å². The summed E-state index contributed by atoms with van der Waals surface area (Å²) in [4.78, 5) is 2.12. The maximum Gasteiger partial charge on any atom is 0.159 e. The molecule has 0 saturated heterocycles. The normalized spacial score (nSPS) is 10.6. The number of benzene rings is 2. The quantitative estimate of drug-likeness (QED) is 0.837. The molecule has 2 aromatic carbocycles. The van der Waals surface area contributed by atoms with Crippen molar-refractivity contribution in [3.8, 4) is 0 Å². The van der Waals surface area contributed by atoms with Gasteiger partial charge in [0.1, 0.15) is 0 Å². The first-order valence-corrected chi connectivity index (χ1v) is 6.64. The molecule has 20 heavy (non-hydrogen) atoms. The molecule has 2 aromatic rings. The number of rotatable bonds is 5. The van der Waals surface area contributed by atoms with Crippen LogP contribution >= 0.6 is 0 Å². The number of anilines is 2. The average molecular weight is 276 g/mol. The molecule has 0 aliphatic carbocycles. The largest absolute Gasteiger partial charge is 0.399 e. The van der Waals surface area contributed by atoms with Crippen LogP contribution in [0.2, 0.25) is 0 Å². The highest BCUT2D eigenvalue weighted by Gasteiger charge is 2.09. The molecule has 0 spiro atoms. The Bertz CT molecular complexity index is 567. The van der Waals surface area contributed by atoms with Crippen LogP contribution in [0.15, 0.2) is 42.5 Å². The molecule has 4 heteroatoms. The Balaban J connectivity index is 2.20. The van der Waals surface area contributed by atoms with E-state index in [4.69, 9.17) is 5.73 Å². The van der Waals surface area contributed by atoms with Crippen LogP contribution in [0.3, 0.4) is 0 Å². The lowest BCUT2D eigenvalue weighted by Gasteiger charge is -2.24. The Kier molecular flexibility index (Phi) is 4.56. The number of hydrogen-bond acceptors (Lipinski definition) is 2. The molecule has 0 aliphatic rings. The van der Waals surface area contributed by atoms with Gasteiger partial charge in [-0.25, -0.2) is 8.78 Å². The maximum atomic E-state index is 13.3. The Hall–Kier alpha value is -2.10. The molecule has 0 aliphatic heterocycles. The van der Waals surface area contributed by atoms with Crippen LogP contribution in [0.5, 0.6) is 0 Å². The number of hydrogen-bond donors (Lipinski definition) is 1. The molecule has 2 N–H and O–H groups in total. The molecule has 2 rings (SSSR count). The lowest BCUT2D eigenvalue weighted by molar-refractivity contribution is 0.506. The van der Waals surface area contributed by atoms with Crippen molar-refractivity contribution in [3.63, 3.8) is 0 Å². The van der Waals surface area contributed by atoms with E-state index in [9.17, 15) is 8.78 Å². The third-order valence-electron chi connectivity index (χ3n) is 3.11. The molecule has 0 unspecified atom stereocenters. The monoisotopic (exact) mass is 276 g/mol. The molecule has 0 heterocycles. The van der Waals surface area contributed by atoms with Gasteiger partial charge in [-0.3, -0.25) is 0 Å². The summed E-state index contributed by atoms with van der Waals surface area (Å²) < 4.78 is 26.2. The molecule has 2 nitrogen and oxygen atoms in total. The van der Waals surface area contributed by atoms with Gasteiger partial charge >= 0.3 is 0 Å². The standard InChI is InChI=1S/C16H18F2N2/c1-2-9-20(14-6-4-13(19)5-7-14)11-12-3-8-15(17)16(18)10-12/h3-8,10H,2,9,11,19H2,1H3. The van der Waals surface area contributed by atoms with Crippen molar-refractivity contribution in [1.82, 2.24) is 0 Å². The summed E-state index contributed by atoms with van der Waals surface area (Å²) in [5.41, 5.74) is 8.15. The second kappa shape index (κ2) is 6.37. The number of nitrogens with two attached hydrogens (primary N) is 1. The average Bonchev–Trinajstić information content (AvgIpc) is 2.43. The molecule has 0 bridgehead atoms. The lowest BCUT2D eigenvalue weighted by atomic mass is 10.1. The number of halogens is 2. The van der Waals surface area contributed by atoms with E-state index in [1.807, 2.05) is 24.3 Å². The van der Waals surface area contributed by atoms with Gasteiger partial charge in [0, 0.05) is 24.5 Å². The van der Waals surface area contributed by atoms with E-state index in [1.54, 1.807) is 6.07 Å². The zero-order valence-electron chi connectivity index (χ0n) is 11.4. The zero-order valence-corrected chi connectivity index (χ0v) is 11.4. The molecule has 0 fully saturated rings. The fourth-order valence-corrected chi connectivity index (χ4v) is 2.11. The minimum Gasteiger partial charge on any atom is -0.399 e.